The number of aryl methyl sites for hydroxylation is 1. The molecule has 18 heavy (non-hydrogen) atoms. The summed E-state index contributed by atoms with van der Waals surface area (Å²) in [6.45, 7) is 5.91. The maximum atomic E-state index is 12.5. The Morgan fingerprint density at radius 3 is 2.83 bits per heavy atom. The minimum Gasteiger partial charge on any atom is -0.325 e. The van der Waals surface area contributed by atoms with E-state index >= 15 is 0 Å². The Morgan fingerprint density at radius 1 is 1.44 bits per heavy atom. The molecule has 1 aliphatic heterocycles. The van der Waals surface area contributed by atoms with Crippen LogP contribution in [-0.4, -0.2) is 19.0 Å². The molecule has 2 rings (SSSR count). The molecular weight excluding hydrogens is 224 g/mol. The Morgan fingerprint density at radius 2 is 2.22 bits per heavy atom. The van der Waals surface area contributed by atoms with Crippen LogP contribution in [0, 0.1) is 12.3 Å². The molecular formula is C15H22N2O. The Bertz CT molecular complexity index is 422. The van der Waals surface area contributed by atoms with E-state index in [4.69, 9.17) is 0 Å². The van der Waals surface area contributed by atoms with E-state index in [1.165, 1.54) is 0 Å². The van der Waals surface area contributed by atoms with Gasteiger partial charge < -0.3 is 10.6 Å². The van der Waals surface area contributed by atoms with Crippen molar-refractivity contribution in [3.63, 3.8) is 0 Å². The summed E-state index contributed by atoms with van der Waals surface area (Å²) in [7, 11) is 0. The smallest absolute Gasteiger partial charge is 0.231 e. The summed E-state index contributed by atoms with van der Waals surface area (Å²) in [5.74, 6) is 0.170. The zero-order chi connectivity index (χ0) is 13.0. The van der Waals surface area contributed by atoms with Crippen LogP contribution in [0.5, 0.6) is 0 Å². The second-order valence-electron chi connectivity index (χ2n) is 5.23. The van der Waals surface area contributed by atoms with Gasteiger partial charge in [0.2, 0.25) is 5.91 Å². The molecule has 0 aromatic heterocycles. The molecule has 1 fully saturated rings. The van der Waals surface area contributed by atoms with Gasteiger partial charge in [-0.05, 0) is 37.9 Å². The van der Waals surface area contributed by atoms with Gasteiger partial charge in [-0.15, -0.1) is 0 Å². The highest BCUT2D eigenvalue weighted by Crippen LogP contribution is 2.32. The molecule has 1 heterocycles. The molecule has 1 aromatic carbocycles. The SMILES string of the molecule is CCCC1(C(=O)Nc2ccccc2C)CCNC1. The van der Waals surface area contributed by atoms with Crippen molar-refractivity contribution < 1.29 is 4.79 Å². The normalized spacial score (nSPS) is 23.0. The lowest BCUT2D eigenvalue weighted by atomic mass is 9.81. The highest BCUT2D eigenvalue weighted by atomic mass is 16.2. The summed E-state index contributed by atoms with van der Waals surface area (Å²) in [6.07, 6.45) is 2.94. The highest BCUT2D eigenvalue weighted by Gasteiger charge is 2.40. The zero-order valence-electron chi connectivity index (χ0n) is 11.3. The molecule has 1 saturated heterocycles. The number of amides is 1. The van der Waals surface area contributed by atoms with Gasteiger partial charge in [-0.2, -0.15) is 0 Å². The standard InChI is InChI=1S/C15H22N2O/c1-3-8-15(9-10-16-11-15)14(18)17-13-7-5-4-6-12(13)2/h4-7,16H,3,8-11H2,1-2H3,(H,17,18). The number of carbonyl (C=O) groups excluding carboxylic acids is 1. The predicted molar refractivity (Wildman–Crippen MR) is 74.6 cm³/mol. The van der Waals surface area contributed by atoms with Crippen LogP contribution in [0.15, 0.2) is 24.3 Å². The van der Waals surface area contributed by atoms with Gasteiger partial charge in [0, 0.05) is 12.2 Å². The number of para-hydroxylation sites is 1. The van der Waals surface area contributed by atoms with Crippen molar-refractivity contribution in [1.82, 2.24) is 5.32 Å². The fourth-order valence-electron chi connectivity index (χ4n) is 2.71. The molecule has 0 radical (unpaired) electrons. The molecule has 98 valence electrons. The third-order valence-corrected chi connectivity index (χ3v) is 3.85. The summed E-state index contributed by atoms with van der Waals surface area (Å²) in [5, 5.41) is 6.42. The molecule has 0 bridgehead atoms. The Hall–Kier alpha value is -1.35. The summed E-state index contributed by atoms with van der Waals surface area (Å²) in [4.78, 5) is 12.5. The van der Waals surface area contributed by atoms with E-state index in [2.05, 4.69) is 17.6 Å². The van der Waals surface area contributed by atoms with Crippen molar-refractivity contribution in [2.45, 2.75) is 33.1 Å². The Labute approximate surface area is 109 Å². The number of rotatable bonds is 4. The van der Waals surface area contributed by atoms with Crippen LogP contribution in [-0.2, 0) is 4.79 Å². The first kappa shape index (κ1) is 13.1. The largest absolute Gasteiger partial charge is 0.325 e. The number of nitrogens with one attached hydrogen (secondary N) is 2. The van der Waals surface area contributed by atoms with Crippen molar-refractivity contribution in [2.24, 2.45) is 5.41 Å². The van der Waals surface area contributed by atoms with E-state index < -0.39 is 0 Å². The summed E-state index contributed by atoms with van der Waals surface area (Å²) in [6, 6.07) is 7.94. The maximum absolute atomic E-state index is 12.5. The number of hydrogen-bond acceptors (Lipinski definition) is 2. The van der Waals surface area contributed by atoms with Gasteiger partial charge in [0.25, 0.3) is 0 Å². The molecule has 3 nitrogen and oxygen atoms in total. The summed E-state index contributed by atoms with van der Waals surface area (Å²) >= 11 is 0. The lowest BCUT2D eigenvalue weighted by Gasteiger charge is -2.26. The first-order chi connectivity index (χ1) is 8.68. The van der Waals surface area contributed by atoms with Crippen molar-refractivity contribution in [3.8, 4) is 0 Å². The van der Waals surface area contributed by atoms with E-state index in [0.717, 1.165) is 43.6 Å². The molecule has 1 unspecified atom stereocenters. The monoisotopic (exact) mass is 246 g/mol. The first-order valence-corrected chi connectivity index (χ1v) is 6.76. The number of anilines is 1. The zero-order valence-corrected chi connectivity index (χ0v) is 11.3. The quantitative estimate of drug-likeness (QED) is 0.857. The van der Waals surface area contributed by atoms with Crippen molar-refractivity contribution in [3.05, 3.63) is 29.8 Å². The number of hydrogen-bond donors (Lipinski definition) is 2. The van der Waals surface area contributed by atoms with E-state index in [0.29, 0.717) is 0 Å². The van der Waals surface area contributed by atoms with Crippen molar-refractivity contribution in [1.29, 1.82) is 0 Å². The Balaban J connectivity index is 2.13. The van der Waals surface area contributed by atoms with Gasteiger partial charge >= 0.3 is 0 Å². The molecule has 1 aliphatic rings. The van der Waals surface area contributed by atoms with Gasteiger partial charge in [-0.3, -0.25) is 4.79 Å². The molecule has 0 aliphatic carbocycles. The van der Waals surface area contributed by atoms with Crippen molar-refractivity contribution in [2.75, 3.05) is 18.4 Å². The molecule has 1 amide bonds. The van der Waals surface area contributed by atoms with Crippen LogP contribution < -0.4 is 10.6 Å². The molecule has 1 atom stereocenters. The average molecular weight is 246 g/mol. The van der Waals surface area contributed by atoms with Gasteiger partial charge in [0.1, 0.15) is 0 Å². The minimum absolute atomic E-state index is 0.170. The summed E-state index contributed by atoms with van der Waals surface area (Å²) < 4.78 is 0. The number of carbonyl (C=O) groups is 1. The predicted octanol–water partition coefficient (Wildman–Crippen LogP) is 2.71. The minimum atomic E-state index is -0.211. The van der Waals surface area contributed by atoms with Crippen LogP contribution in [0.1, 0.15) is 31.7 Å². The third kappa shape index (κ3) is 2.56. The molecule has 2 N–H and O–H groups in total. The van der Waals surface area contributed by atoms with E-state index in [1.807, 2.05) is 31.2 Å². The highest BCUT2D eigenvalue weighted by molar-refractivity contribution is 5.96. The van der Waals surface area contributed by atoms with Gasteiger partial charge in [-0.25, -0.2) is 0 Å². The third-order valence-electron chi connectivity index (χ3n) is 3.85. The second-order valence-corrected chi connectivity index (χ2v) is 5.23. The van der Waals surface area contributed by atoms with Crippen LogP contribution in [0.25, 0.3) is 0 Å². The first-order valence-electron chi connectivity index (χ1n) is 6.76. The van der Waals surface area contributed by atoms with E-state index in [1.54, 1.807) is 0 Å². The lowest BCUT2D eigenvalue weighted by Crippen LogP contribution is -2.38. The van der Waals surface area contributed by atoms with Gasteiger partial charge in [0.15, 0.2) is 0 Å². The second kappa shape index (κ2) is 5.53. The van der Waals surface area contributed by atoms with Crippen molar-refractivity contribution >= 4 is 11.6 Å². The topological polar surface area (TPSA) is 41.1 Å². The van der Waals surface area contributed by atoms with Gasteiger partial charge in [-0.1, -0.05) is 31.5 Å². The maximum Gasteiger partial charge on any atom is 0.231 e. The molecule has 1 aromatic rings. The molecule has 3 heteroatoms. The summed E-state index contributed by atoms with van der Waals surface area (Å²) in [5.41, 5.74) is 1.84. The number of benzene rings is 1. The fraction of sp³-hybridized carbons (Fsp3) is 0.533. The average Bonchev–Trinajstić information content (AvgIpc) is 2.82. The van der Waals surface area contributed by atoms with Crippen LogP contribution in [0.4, 0.5) is 5.69 Å². The molecule has 0 saturated carbocycles. The fourth-order valence-corrected chi connectivity index (χ4v) is 2.71. The van der Waals surface area contributed by atoms with Crippen LogP contribution >= 0.6 is 0 Å². The lowest BCUT2D eigenvalue weighted by molar-refractivity contribution is -0.125. The van der Waals surface area contributed by atoms with Gasteiger partial charge in [0.05, 0.1) is 5.41 Å². The van der Waals surface area contributed by atoms with E-state index in [9.17, 15) is 4.79 Å². The Kier molecular flexibility index (Phi) is 4.02. The molecule has 0 spiro atoms. The van der Waals surface area contributed by atoms with Crippen LogP contribution in [0.3, 0.4) is 0 Å². The van der Waals surface area contributed by atoms with Crippen LogP contribution in [0.2, 0.25) is 0 Å². The van der Waals surface area contributed by atoms with E-state index in [-0.39, 0.29) is 11.3 Å².